The molecule has 6 heteroatoms. The van der Waals surface area contributed by atoms with Gasteiger partial charge in [0.25, 0.3) is 0 Å². The molecule has 1 fully saturated rings. The normalized spacial score (nSPS) is 18.2. The molecule has 0 atom stereocenters. The Morgan fingerprint density at radius 3 is 2.67 bits per heavy atom. The van der Waals surface area contributed by atoms with Crippen LogP contribution in [0.3, 0.4) is 0 Å². The number of fused-ring (bicyclic) bond motifs is 1. The molecule has 2 aliphatic rings. The van der Waals surface area contributed by atoms with Gasteiger partial charge in [-0.3, -0.25) is 9.58 Å². The van der Waals surface area contributed by atoms with E-state index in [2.05, 4.69) is 43.4 Å². The van der Waals surface area contributed by atoms with Crippen molar-refractivity contribution in [3.63, 3.8) is 0 Å². The first-order valence-electron chi connectivity index (χ1n) is 9.07. The zero-order chi connectivity index (χ0) is 16.5. The lowest BCUT2D eigenvalue weighted by Gasteiger charge is -2.36. The van der Waals surface area contributed by atoms with Crippen LogP contribution in [-0.4, -0.2) is 50.8 Å². The first-order valence-corrected chi connectivity index (χ1v) is 9.07. The van der Waals surface area contributed by atoms with Crippen molar-refractivity contribution in [1.82, 2.24) is 24.6 Å². The van der Waals surface area contributed by atoms with Gasteiger partial charge in [-0.15, -0.1) is 0 Å². The number of rotatable bonds is 4. The Labute approximate surface area is 143 Å². The highest BCUT2D eigenvalue weighted by Crippen LogP contribution is 2.28. The van der Waals surface area contributed by atoms with Crippen molar-refractivity contribution >= 4 is 5.82 Å². The second-order valence-electron chi connectivity index (χ2n) is 6.81. The van der Waals surface area contributed by atoms with Crippen LogP contribution >= 0.6 is 0 Å². The molecule has 0 radical (unpaired) electrons. The Balaban J connectivity index is 1.40. The molecular weight excluding hydrogens is 300 g/mol. The zero-order valence-corrected chi connectivity index (χ0v) is 14.7. The van der Waals surface area contributed by atoms with Gasteiger partial charge in [0.1, 0.15) is 12.1 Å². The second-order valence-corrected chi connectivity index (χ2v) is 6.81. The molecule has 0 unspecified atom stereocenters. The van der Waals surface area contributed by atoms with E-state index in [1.54, 1.807) is 6.33 Å². The highest BCUT2D eigenvalue weighted by molar-refractivity contribution is 5.50. The molecule has 4 rings (SSSR count). The molecule has 1 aliphatic heterocycles. The molecule has 2 aromatic heterocycles. The van der Waals surface area contributed by atoms with E-state index in [4.69, 9.17) is 0 Å². The fourth-order valence-corrected chi connectivity index (χ4v) is 3.93. The fourth-order valence-electron chi connectivity index (χ4n) is 3.93. The van der Waals surface area contributed by atoms with Crippen LogP contribution < -0.4 is 4.90 Å². The number of nitrogens with zero attached hydrogens (tertiary/aromatic N) is 6. The number of hydrogen-bond acceptors (Lipinski definition) is 5. The summed E-state index contributed by atoms with van der Waals surface area (Å²) in [5.74, 6) is 1.19. The molecule has 0 spiro atoms. The van der Waals surface area contributed by atoms with Crippen LogP contribution in [0.15, 0.2) is 12.5 Å². The zero-order valence-electron chi connectivity index (χ0n) is 14.7. The molecule has 0 saturated carbocycles. The number of anilines is 1. The molecule has 0 bridgehead atoms. The molecule has 3 heterocycles. The van der Waals surface area contributed by atoms with E-state index in [1.807, 2.05) is 6.20 Å². The van der Waals surface area contributed by atoms with Gasteiger partial charge < -0.3 is 4.90 Å². The standard InChI is InChI=1S/C18H26N6/c1-3-24-14(2)15(11-21-24)12-22-7-9-23(10-8-22)18-16-5-4-6-17(16)19-13-20-18/h11,13H,3-10,12H2,1-2H3. The van der Waals surface area contributed by atoms with Crippen molar-refractivity contribution in [2.24, 2.45) is 0 Å². The number of hydrogen-bond donors (Lipinski definition) is 0. The monoisotopic (exact) mass is 326 g/mol. The SMILES string of the molecule is CCn1ncc(CN2CCN(c3ncnc4c3CCC4)CC2)c1C. The molecule has 1 saturated heterocycles. The van der Waals surface area contributed by atoms with Crippen LogP contribution in [0.1, 0.15) is 35.9 Å². The maximum atomic E-state index is 4.59. The third kappa shape index (κ3) is 2.79. The molecule has 0 amide bonds. The van der Waals surface area contributed by atoms with Crippen LogP contribution in [-0.2, 0) is 25.9 Å². The molecule has 0 N–H and O–H groups in total. The summed E-state index contributed by atoms with van der Waals surface area (Å²) in [6, 6.07) is 0. The van der Waals surface area contributed by atoms with Crippen LogP contribution in [0.2, 0.25) is 0 Å². The fraction of sp³-hybridized carbons (Fsp3) is 0.611. The first-order chi connectivity index (χ1) is 11.8. The third-order valence-corrected chi connectivity index (χ3v) is 5.42. The number of aryl methyl sites for hydroxylation is 2. The first kappa shape index (κ1) is 15.6. The Morgan fingerprint density at radius 2 is 1.92 bits per heavy atom. The maximum Gasteiger partial charge on any atom is 0.135 e. The molecule has 1 aliphatic carbocycles. The van der Waals surface area contributed by atoms with E-state index in [0.29, 0.717) is 0 Å². The number of aromatic nitrogens is 4. The summed E-state index contributed by atoms with van der Waals surface area (Å²) < 4.78 is 2.08. The molecule has 2 aromatic rings. The average molecular weight is 326 g/mol. The van der Waals surface area contributed by atoms with Gasteiger partial charge in [-0.05, 0) is 33.1 Å². The smallest absolute Gasteiger partial charge is 0.135 e. The topological polar surface area (TPSA) is 50.1 Å². The third-order valence-electron chi connectivity index (χ3n) is 5.42. The van der Waals surface area contributed by atoms with Gasteiger partial charge in [-0.1, -0.05) is 0 Å². The van der Waals surface area contributed by atoms with E-state index in [-0.39, 0.29) is 0 Å². The van der Waals surface area contributed by atoms with Gasteiger partial charge in [0.05, 0.1) is 6.20 Å². The van der Waals surface area contributed by atoms with E-state index in [9.17, 15) is 0 Å². The Kier molecular flexibility index (Phi) is 4.22. The average Bonchev–Trinajstić information content (AvgIpc) is 3.22. The lowest BCUT2D eigenvalue weighted by atomic mass is 10.2. The van der Waals surface area contributed by atoms with E-state index in [0.717, 1.165) is 52.1 Å². The van der Waals surface area contributed by atoms with Crippen LogP contribution in [0.4, 0.5) is 5.82 Å². The summed E-state index contributed by atoms with van der Waals surface area (Å²) in [5, 5.41) is 4.46. The largest absolute Gasteiger partial charge is 0.354 e. The van der Waals surface area contributed by atoms with Crippen molar-refractivity contribution in [2.75, 3.05) is 31.1 Å². The van der Waals surface area contributed by atoms with Gasteiger partial charge in [0.2, 0.25) is 0 Å². The van der Waals surface area contributed by atoms with Gasteiger partial charge >= 0.3 is 0 Å². The van der Waals surface area contributed by atoms with E-state index < -0.39 is 0 Å². The summed E-state index contributed by atoms with van der Waals surface area (Å²) in [5.41, 5.74) is 5.32. The van der Waals surface area contributed by atoms with Crippen molar-refractivity contribution in [1.29, 1.82) is 0 Å². The van der Waals surface area contributed by atoms with Crippen molar-refractivity contribution < 1.29 is 0 Å². The van der Waals surface area contributed by atoms with Crippen molar-refractivity contribution in [2.45, 2.75) is 46.2 Å². The van der Waals surface area contributed by atoms with Gasteiger partial charge in [0.15, 0.2) is 0 Å². The Hall–Kier alpha value is -1.95. The van der Waals surface area contributed by atoms with Gasteiger partial charge in [-0.2, -0.15) is 5.10 Å². The summed E-state index contributed by atoms with van der Waals surface area (Å²) in [4.78, 5) is 14.0. The minimum absolute atomic E-state index is 0.943. The minimum atomic E-state index is 0.943. The highest BCUT2D eigenvalue weighted by atomic mass is 15.3. The summed E-state index contributed by atoms with van der Waals surface area (Å²) in [6.45, 7) is 10.5. The molecule has 128 valence electrons. The van der Waals surface area contributed by atoms with Crippen molar-refractivity contribution in [3.8, 4) is 0 Å². The minimum Gasteiger partial charge on any atom is -0.354 e. The Morgan fingerprint density at radius 1 is 1.08 bits per heavy atom. The second kappa shape index (κ2) is 6.51. The summed E-state index contributed by atoms with van der Waals surface area (Å²) in [7, 11) is 0. The van der Waals surface area contributed by atoms with Crippen LogP contribution in [0, 0.1) is 6.92 Å². The van der Waals surface area contributed by atoms with Crippen LogP contribution in [0.5, 0.6) is 0 Å². The lowest BCUT2D eigenvalue weighted by Crippen LogP contribution is -2.46. The molecule has 6 nitrogen and oxygen atoms in total. The predicted molar refractivity (Wildman–Crippen MR) is 94.2 cm³/mol. The predicted octanol–water partition coefficient (Wildman–Crippen LogP) is 1.81. The quantitative estimate of drug-likeness (QED) is 0.858. The van der Waals surface area contributed by atoms with Crippen molar-refractivity contribution in [3.05, 3.63) is 35.0 Å². The summed E-state index contributed by atoms with van der Waals surface area (Å²) >= 11 is 0. The Bertz CT molecular complexity index is 714. The molecule has 0 aromatic carbocycles. The number of piperazine rings is 1. The molecule has 24 heavy (non-hydrogen) atoms. The maximum absolute atomic E-state index is 4.59. The summed E-state index contributed by atoms with van der Waals surface area (Å²) in [6.07, 6.45) is 7.26. The van der Waals surface area contributed by atoms with Gasteiger partial charge in [-0.25, -0.2) is 9.97 Å². The van der Waals surface area contributed by atoms with E-state index >= 15 is 0 Å². The van der Waals surface area contributed by atoms with Gasteiger partial charge in [0, 0.05) is 61.8 Å². The van der Waals surface area contributed by atoms with Crippen LogP contribution in [0.25, 0.3) is 0 Å². The highest BCUT2D eigenvalue weighted by Gasteiger charge is 2.24. The molecular formula is C18H26N6. The lowest BCUT2D eigenvalue weighted by molar-refractivity contribution is 0.248. The van der Waals surface area contributed by atoms with E-state index in [1.165, 1.54) is 34.8 Å².